The maximum atomic E-state index is 12.5. The number of carbonyl (C=O) groups is 1. The van der Waals surface area contributed by atoms with Crippen molar-refractivity contribution in [2.75, 3.05) is 4.72 Å². The second-order valence-corrected chi connectivity index (χ2v) is 9.22. The van der Waals surface area contributed by atoms with Gasteiger partial charge < -0.3 is 5.11 Å². The molecule has 0 atom stereocenters. The summed E-state index contributed by atoms with van der Waals surface area (Å²) in [6, 6.07) is 17.8. The molecule has 5 nitrogen and oxygen atoms in total. The number of benzene rings is 3. The summed E-state index contributed by atoms with van der Waals surface area (Å²) in [7, 11) is -3.81. The van der Waals surface area contributed by atoms with Gasteiger partial charge in [-0.25, -0.2) is 13.2 Å². The molecule has 0 aliphatic carbocycles. The van der Waals surface area contributed by atoms with Crippen LogP contribution in [-0.2, 0) is 10.0 Å². The van der Waals surface area contributed by atoms with E-state index in [-0.39, 0.29) is 16.1 Å². The number of sulfonamides is 1. The molecule has 2 N–H and O–H groups in total. The van der Waals surface area contributed by atoms with E-state index in [1.807, 2.05) is 6.92 Å². The van der Waals surface area contributed by atoms with Crippen LogP contribution >= 0.6 is 23.4 Å². The van der Waals surface area contributed by atoms with Gasteiger partial charge in [-0.1, -0.05) is 41.1 Å². The second kappa shape index (κ2) is 8.26. The third-order valence-corrected chi connectivity index (χ3v) is 6.57. The molecule has 0 aliphatic heterocycles. The topological polar surface area (TPSA) is 83.5 Å². The Balaban J connectivity index is 1.89. The minimum Gasteiger partial charge on any atom is -0.478 e. The molecule has 0 heterocycles. The Morgan fingerprint density at radius 3 is 2.25 bits per heavy atom. The highest BCUT2D eigenvalue weighted by Crippen LogP contribution is 2.33. The summed E-state index contributed by atoms with van der Waals surface area (Å²) in [6.45, 7) is 1.86. The standard InChI is InChI=1S/C20H16ClNO4S2/c1-13-2-9-17(10-3-13)28(25,26)22-15-6-11-19(18(12-15)20(23)24)27-16-7-4-14(21)5-8-16/h2-12,22H,1H3,(H,23,24). The summed E-state index contributed by atoms with van der Waals surface area (Å²) in [5.41, 5.74) is 1.12. The number of halogens is 1. The quantitative estimate of drug-likeness (QED) is 0.551. The highest BCUT2D eigenvalue weighted by molar-refractivity contribution is 7.99. The van der Waals surface area contributed by atoms with Crippen LogP contribution in [0.2, 0.25) is 5.02 Å². The lowest BCUT2D eigenvalue weighted by atomic mass is 10.2. The largest absolute Gasteiger partial charge is 0.478 e. The van der Waals surface area contributed by atoms with Gasteiger partial charge in [0.2, 0.25) is 0 Å². The highest BCUT2D eigenvalue weighted by Gasteiger charge is 2.17. The Hall–Kier alpha value is -2.48. The average molecular weight is 434 g/mol. The molecule has 8 heteroatoms. The van der Waals surface area contributed by atoms with Crippen molar-refractivity contribution in [1.82, 2.24) is 0 Å². The summed E-state index contributed by atoms with van der Waals surface area (Å²) in [5, 5.41) is 10.1. The number of anilines is 1. The Morgan fingerprint density at radius 2 is 1.64 bits per heavy atom. The van der Waals surface area contributed by atoms with Crippen molar-refractivity contribution in [2.24, 2.45) is 0 Å². The minimum atomic E-state index is -3.81. The van der Waals surface area contributed by atoms with Crippen LogP contribution in [0.5, 0.6) is 0 Å². The first-order chi connectivity index (χ1) is 13.2. The van der Waals surface area contributed by atoms with Crippen LogP contribution in [0, 0.1) is 6.92 Å². The van der Waals surface area contributed by atoms with Gasteiger partial charge in [0.1, 0.15) is 0 Å². The molecule has 28 heavy (non-hydrogen) atoms. The predicted octanol–water partition coefficient (Wildman–Crippen LogP) is 5.30. The lowest BCUT2D eigenvalue weighted by molar-refractivity contribution is 0.0693. The molecular weight excluding hydrogens is 418 g/mol. The molecule has 0 aromatic heterocycles. The summed E-state index contributed by atoms with van der Waals surface area (Å²) in [6.07, 6.45) is 0. The van der Waals surface area contributed by atoms with Crippen molar-refractivity contribution in [3.8, 4) is 0 Å². The number of aryl methyl sites for hydroxylation is 1. The van der Waals surface area contributed by atoms with Crippen LogP contribution in [0.4, 0.5) is 5.69 Å². The Labute approximate surface area is 172 Å². The maximum Gasteiger partial charge on any atom is 0.336 e. The molecule has 0 unspecified atom stereocenters. The van der Waals surface area contributed by atoms with Crippen molar-refractivity contribution >= 4 is 45.0 Å². The van der Waals surface area contributed by atoms with E-state index in [2.05, 4.69) is 4.72 Å². The van der Waals surface area contributed by atoms with Gasteiger partial charge in [-0.2, -0.15) is 0 Å². The molecule has 0 aliphatic rings. The van der Waals surface area contributed by atoms with Crippen LogP contribution in [0.15, 0.2) is 81.4 Å². The fourth-order valence-electron chi connectivity index (χ4n) is 2.41. The zero-order chi connectivity index (χ0) is 20.3. The lowest BCUT2D eigenvalue weighted by Crippen LogP contribution is -2.13. The van der Waals surface area contributed by atoms with Crippen LogP contribution < -0.4 is 4.72 Å². The first-order valence-electron chi connectivity index (χ1n) is 8.15. The molecule has 3 aromatic carbocycles. The van der Waals surface area contributed by atoms with Crippen molar-refractivity contribution in [3.05, 3.63) is 82.9 Å². The summed E-state index contributed by atoms with van der Waals surface area (Å²) >= 11 is 7.13. The van der Waals surface area contributed by atoms with E-state index in [9.17, 15) is 18.3 Å². The van der Waals surface area contributed by atoms with Gasteiger partial charge in [-0.3, -0.25) is 4.72 Å². The Bertz CT molecular complexity index is 1110. The molecule has 0 bridgehead atoms. The molecular formula is C20H16ClNO4S2. The number of nitrogens with one attached hydrogen (secondary N) is 1. The van der Waals surface area contributed by atoms with E-state index in [0.717, 1.165) is 10.5 Å². The van der Waals surface area contributed by atoms with E-state index < -0.39 is 16.0 Å². The van der Waals surface area contributed by atoms with Gasteiger partial charge in [0, 0.05) is 20.5 Å². The molecule has 144 valence electrons. The van der Waals surface area contributed by atoms with Crippen molar-refractivity contribution < 1.29 is 18.3 Å². The van der Waals surface area contributed by atoms with Crippen molar-refractivity contribution in [3.63, 3.8) is 0 Å². The van der Waals surface area contributed by atoms with E-state index >= 15 is 0 Å². The van der Waals surface area contributed by atoms with Crippen LogP contribution in [-0.4, -0.2) is 19.5 Å². The zero-order valence-corrected chi connectivity index (χ0v) is 17.1. The average Bonchev–Trinajstić information content (AvgIpc) is 2.64. The molecule has 0 fully saturated rings. The summed E-state index contributed by atoms with van der Waals surface area (Å²) in [5.74, 6) is -1.15. The fraction of sp³-hybridized carbons (Fsp3) is 0.0500. The zero-order valence-electron chi connectivity index (χ0n) is 14.7. The van der Waals surface area contributed by atoms with E-state index in [0.29, 0.717) is 9.92 Å². The number of hydrogen-bond acceptors (Lipinski definition) is 4. The number of carboxylic acid groups (broad SMARTS) is 1. The highest BCUT2D eigenvalue weighted by atomic mass is 35.5. The van der Waals surface area contributed by atoms with E-state index in [4.69, 9.17) is 11.6 Å². The summed E-state index contributed by atoms with van der Waals surface area (Å²) in [4.78, 5) is 13.1. The third-order valence-electron chi connectivity index (χ3n) is 3.83. The first kappa shape index (κ1) is 20.3. The third kappa shape index (κ3) is 4.86. The molecule has 3 rings (SSSR count). The first-order valence-corrected chi connectivity index (χ1v) is 10.8. The van der Waals surface area contributed by atoms with Gasteiger partial charge in [0.25, 0.3) is 10.0 Å². The molecule has 0 saturated heterocycles. The van der Waals surface area contributed by atoms with Crippen LogP contribution in [0.1, 0.15) is 15.9 Å². The summed E-state index contributed by atoms with van der Waals surface area (Å²) < 4.78 is 27.5. The number of aromatic carboxylic acids is 1. The van der Waals surface area contributed by atoms with Gasteiger partial charge >= 0.3 is 5.97 Å². The second-order valence-electron chi connectivity index (χ2n) is 5.99. The van der Waals surface area contributed by atoms with Crippen LogP contribution in [0.25, 0.3) is 0 Å². The number of carboxylic acids is 1. The van der Waals surface area contributed by atoms with Gasteiger partial charge in [0.05, 0.1) is 10.5 Å². The van der Waals surface area contributed by atoms with Crippen LogP contribution in [0.3, 0.4) is 0 Å². The Morgan fingerprint density at radius 1 is 1.00 bits per heavy atom. The molecule has 3 aromatic rings. The number of rotatable bonds is 6. The SMILES string of the molecule is Cc1ccc(S(=O)(=O)Nc2ccc(Sc3ccc(Cl)cc3)c(C(=O)O)c2)cc1. The van der Waals surface area contributed by atoms with E-state index in [1.54, 1.807) is 42.5 Å². The van der Waals surface area contributed by atoms with Crippen molar-refractivity contribution in [1.29, 1.82) is 0 Å². The van der Waals surface area contributed by atoms with Gasteiger partial charge in [0.15, 0.2) is 0 Å². The molecule has 0 amide bonds. The molecule has 0 spiro atoms. The minimum absolute atomic E-state index is 0.00376. The Kier molecular flexibility index (Phi) is 5.98. The van der Waals surface area contributed by atoms with Gasteiger partial charge in [-0.05, 0) is 61.5 Å². The normalized spacial score (nSPS) is 11.2. The fourth-order valence-corrected chi connectivity index (χ4v) is 4.50. The lowest BCUT2D eigenvalue weighted by Gasteiger charge is -2.11. The smallest absolute Gasteiger partial charge is 0.336 e. The maximum absolute atomic E-state index is 12.5. The van der Waals surface area contributed by atoms with Crippen molar-refractivity contribution in [2.45, 2.75) is 21.6 Å². The molecule has 0 radical (unpaired) electrons. The predicted molar refractivity (Wildman–Crippen MR) is 111 cm³/mol. The van der Waals surface area contributed by atoms with Gasteiger partial charge in [-0.15, -0.1) is 0 Å². The van der Waals surface area contributed by atoms with E-state index in [1.165, 1.54) is 36.0 Å². The molecule has 0 saturated carbocycles. The number of hydrogen-bond donors (Lipinski definition) is 2. The monoisotopic (exact) mass is 433 g/mol.